The third kappa shape index (κ3) is 7.01. The fourth-order valence-electron chi connectivity index (χ4n) is 3.52. The summed E-state index contributed by atoms with van der Waals surface area (Å²) >= 11 is 6.39. The van der Waals surface area contributed by atoms with Crippen LogP contribution in [0, 0.1) is 13.8 Å². The van der Waals surface area contributed by atoms with Crippen molar-refractivity contribution in [3.63, 3.8) is 0 Å². The minimum absolute atomic E-state index is 0.123. The molecule has 0 radical (unpaired) electrons. The molecule has 0 aliphatic carbocycles. The van der Waals surface area contributed by atoms with Crippen LogP contribution in [0.1, 0.15) is 16.7 Å². The van der Waals surface area contributed by atoms with Gasteiger partial charge in [0.25, 0.3) is 5.91 Å². The molecule has 4 aromatic carbocycles. The zero-order valence-corrected chi connectivity index (χ0v) is 20.4. The third-order valence-corrected chi connectivity index (χ3v) is 5.64. The number of ether oxygens (including phenoxy) is 2. The van der Waals surface area contributed by atoms with Gasteiger partial charge in [0.15, 0.2) is 6.61 Å². The van der Waals surface area contributed by atoms with E-state index in [-0.39, 0.29) is 12.5 Å². The minimum Gasteiger partial charge on any atom is -0.482 e. The SMILES string of the molecule is Cc1ccc(NC(=O)COc2ccc(CNc3ccc(Oc4ccccc4)cc3)cc2Cl)c(C)c1. The summed E-state index contributed by atoms with van der Waals surface area (Å²) in [5.74, 6) is 1.80. The Balaban J connectivity index is 1.26. The number of hydrogen-bond acceptors (Lipinski definition) is 4. The molecule has 0 atom stereocenters. The smallest absolute Gasteiger partial charge is 0.262 e. The monoisotopic (exact) mass is 486 g/mol. The second-order valence-electron chi connectivity index (χ2n) is 8.21. The maximum atomic E-state index is 12.3. The predicted molar refractivity (Wildman–Crippen MR) is 142 cm³/mol. The van der Waals surface area contributed by atoms with E-state index in [1.807, 2.05) is 98.8 Å². The van der Waals surface area contributed by atoms with Crippen LogP contribution in [-0.2, 0) is 11.3 Å². The highest BCUT2D eigenvalue weighted by Crippen LogP contribution is 2.27. The van der Waals surface area contributed by atoms with Gasteiger partial charge < -0.3 is 20.1 Å². The van der Waals surface area contributed by atoms with Crippen LogP contribution >= 0.6 is 11.6 Å². The molecule has 5 nitrogen and oxygen atoms in total. The van der Waals surface area contributed by atoms with Crippen molar-refractivity contribution in [2.45, 2.75) is 20.4 Å². The summed E-state index contributed by atoms with van der Waals surface area (Å²) < 4.78 is 11.5. The fourth-order valence-corrected chi connectivity index (χ4v) is 3.78. The van der Waals surface area contributed by atoms with Crippen molar-refractivity contribution in [3.8, 4) is 17.2 Å². The maximum Gasteiger partial charge on any atom is 0.262 e. The molecule has 0 aliphatic heterocycles. The van der Waals surface area contributed by atoms with Crippen molar-refractivity contribution >= 4 is 28.9 Å². The first-order valence-corrected chi connectivity index (χ1v) is 11.7. The third-order valence-electron chi connectivity index (χ3n) is 5.34. The summed E-state index contributed by atoms with van der Waals surface area (Å²) in [4.78, 5) is 12.3. The summed E-state index contributed by atoms with van der Waals surface area (Å²) in [7, 11) is 0. The van der Waals surface area contributed by atoms with E-state index in [2.05, 4.69) is 10.6 Å². The van der Waals surface area contributed by atoms with Gasteiger partial charge in [-0.05, 0) is 79.6 Å². The molecule has 6 heteroatoms. The first kappa shape index (κ1) is 24.2. The first-order chi connectivity index (χ1) is 17.0. The van der Waals surface area contributed by atoms with Gasteiger partial charge in [0.1, 0.15) is 17.2 Å². The van der Waals surface area contributed by atoms with Gasteiger partial charge in [-0.25, -0.2) is 0 Å². The van der Waals surface area contributed by atoms with Crippen LogP contribution in [-0.4, -0.2) is 12.5 Å². The fraction of sp³-hybridized carbons (Fsp3) is 0.138. The Hall–Kier alpha value is -3.96. The molecule has 0 heterocycles. The molecule has 0 spiro atoms. The lowest BCUT2D eigenvalue weighted by atomic mass is 10.1. The lowest BCUT2D eigenvalue weighted by molar-refractivity contribution is -0.118. The van der Waals surface area contributed by atoms with E-state index in [0.717, 1.165) is 39.6 Å². The molecule has 35 heavy (non-hydrogen) atoms. The molecule has 0 saturated heterocycles. The van der Waals surface area contributed by atoms with Crippen LogP contribution in [0.4, 0.5) is 11.4 Å². The minimum atomic E-state index is -0.238. The van der Waals surface area contributed by atoms with E-state index in [4.69, 9.17) is 21.1 Å². The largest absolute Gasteiger partial charge is 0.482 e. The van der Waals surface area contributed by atoms with Crippen molar-refractivity contribution in [3.05, 3.63) is 113 Å². The molecular weight excluding hydrogens is 460 g/mol. The van der Waals surface area contributed by atoms with E-state index in [0.29, 0.717) is 17.3 Å². The predicted octanol–water partition coefficient (Wildman–Crippen LogP) is 7.38. The van der Waals surface area contributed by atoms with Gasteiger partial charge in [-0.1, -0.05) is 53.6 Å². The summed E-state index contributed by atoms with van der Waals surface area (Å²) in [6, 6.07) is 28.8. The number of rotatable bonds is 9. The van der Waals surface area contributed by atoms with E-state index in [9.17, 15) is 4.79 Å². The standard InChI is InChI=1S/C29H27ClN2O3/c1-20-8-14-27(21(2)16-20)32-29(33)19-34-28-15-9-22(17-26(28)30)18-31-23-10-12-25(13-11-23)35-24-6-4-3-5-7-24/h3-17,31H,18-19H2,1-2H3,(H,32,33). The topological polar surface area (TPSA) is 59.6 Å². The molecule has 1 amide bonds. The van der Waals surface area contributed by atoms with Crippen LogP contribution < -0.4 is 20.1 Å². The molecule has 2 N–H and O–H groups in total. The number of amides is 1. The van der Waals surface area contributed by atoms with E-state index in [1.54, 1.807) is 6.07 Å². The van der Waals surface area contributed by atoms with Gasteiger partial charge in [0, 0.05) is 17.9 Å². The van der Waals surface area contributed by atoms with Crippen molar-refractivity contribution < 1.29 is 14.3 Å². The number of hydrogen-bond donors (Lipinski definition) is 2. The van der Waals surface area contributed by atoms with Crippen LogP contribution in [0.2, 0.25) is 5.02 Å². The van der Waals surface area contributed by atoms with Crippen LogP contribution in [0.25, 0.3) is 0 Å². The number of halogens is 1. The van der Waals surface area contributed by atoms with Gasteiger partial charge in [-0.2, -0.15) is 0 Å². The molecule has 178 valence electrons. The quantitative estimate of drug-likeness (QED) is 0.259. The van der Waals surface area contributed by atoms with Gasteiger partial charge in [0.2, 0.25) is 0 Å². The van der Waals surface area contributed by atoms with E-state index >= 15 is 0 Å². The second kappa shape index (κ2) is 11.4. The van der Waals surface area contributed by atoms with Gasteiger partial charge in [-0.15, -0.1) is 0 Å². The van der Waals surface area contributed by atoms with E-state index in [1.165, 1.54) is 0 Å². The highest BCUT2D eigenvalue weighted by atomic mass is 35.5. The Morgan fingerprint density at radius 1 is 0.857 bits per heavy atom. The highest BCUT2D eigenvalue weighted by Gasteiger charge is 2.09. The van der Waals surface area contributed by atoms with Crippen LogP contribution in [0.15, 0.2) is 91.0 Å². The maximum absolute atomic E-state index is 12.3. The van der Waals surface area contributed by atoms with Crippen LogP contribution in [0.3, 0.4) is 0 Å². The van der Waals surface area contributed by atoms with Crippen molar-refractivity contribution in [2.24, 2.45) is 0 Å². The molecular formula is C29H27ClN2O3. The van der Waals surface area contributed by atoms with Crippen molar-refractivity contribution in [1.29, 1.82) is 0 Å². The Bertz CT molecular complexity index is 1290. The molecule has 0 aromatic heterocycles. The number of nitrogens with one attached hydrogen (secondary N) is 2. The number of carbonyl (C=O) groups is 1. The Labute approximate surface area is 210 Å². The van der Waals surface area contributed by atoms with Gasteiger partial charge in [-0.3, -0.25) is 4.79 Å². The summed E-state index contributed by atoms with van der Waals surface area (Å²) in [5, 5.41) is 6.69. The average molecular weight is 487 g/mol. The first-order valence-electron chi connectivity index (χ1n) is 11.3. The zero-order valence-electron chi connectivity index (χ0n) is 19.7. The van der Waals surface area contributed by atoms with Crippen molar-refractivity contribution in [2.75, 3.05) is 17.2 Å². The van der Waals surface area contributed by atoms with Gasteiger partial charge >= 0.3 is 0 Å². The molecule has 0 saturated carbocycles. The second-order valence-corrected chi connectivity index (χ2v) is 8.62. The number of carbonyl (C=O) groups excluding carboxylic acids is 1. The summed E-state index contributed by atoms with van der Waals surface area (Å²) in [5.41, 5.74) is 4.88. The Kier molecular flexibility index (Phi) is 7.91. The molecule has 0 fully saturated rings. The number of anilines is 2. The van der Waals surface area contributed by atoms with E-state index < -0.39 is 0 Å². The average Bonchev–Trinajstić information content (AvgIpc) is 2.85. The van der Waals surface area contributed by atoms with Gasteiger partial charge in [0.05, 0.1) is 5.02 Å². The molecule has 0 bridgehead atoms. The van der Waals surface area contributed by atoms with Crippen LogP contribution in [0.5, 0.6) is 17.2 Å². The molecule has 0 unspecified atom stereocenters. The number of para-hydroxylation sites is 1. The lowest BCUT2D eigenvalue weighted by Crippen LogP contribution is -2.20. The number of benzene rings is 4. The normalized spacial score (nSPS) is 10.5. The lowest BCUT2D eigenvalue weighted by Gasteiger charge is -2.12. The molecule has 4 aromatic rings. The number of aryl methyl sites for hydroxylation is 2. The molecule has 0 aliphatic rings. The zero-order chi connectivity index (χ0) is 24.6. The van der Waals surface area contributed by atoms with Crippen molar-refractivity contribution in [1.82, 2.24) is 0 Å². The Morgan fingerprint density at radius 2 is 1.60 bits per heavy atom. The Morgan fingerprint density at radius 3 is 2.31 bits per heavy atom. The highest BCUT2D eigenvalue weighted by molar-refractivity contribution is 6.32. The molecule has 4 rings (SSSR count). The summed E-state index contributed by atoms with van der Waals surface area (Å²) in [6.07, 6.45) is 0. The summed E-state index contributed by atoms with van der Waals surface area (Å²) in [6.45, 7) is 4.44.